The molecule has 1 aliphatic rings. The lowest BCUT2D eigenvalue weighted by Crippen LogP contribution is -2.45. The van der Waals surface area contributed by atoms with Gasteiger partial charge < -0.3 is 20.1 Å². The number of halogens is 2. The van der Waals surface area contributed by atoms with Gasteiger partial charge in [-0.15, -0.1) is 0 Å². The van der Waals surface area contributed by atoms with Gasteiger partial charge in [0.2, 0.25) is 0 Å². The number of allylic oxidation sites excluding steroid dienone is 1. The molecule has 0 aliphatic carbocycles. The summed E-state index contributed by atoms with van der Waals surface area (Å²) < 4.78 is 33.8. The molecule has 22 heavy (non-hydrogen) atoms. The maximum atomic E-state index is 12.3. The predicted octanol–water partition coefficient (Wildman–Crippen LogP) is 2.25. The third-order valence-corrected chi connectivity index (χ3v) is 3.31. The van der Waals surface area contributed by atoms with Gasteiger partial charge in [0.05, 0.1) is 18.7 Å². The SMILES string of the molecule is COC(=O)C1=C(C)NC(=S)NC1c1cccc(OC(F)F)c1. The van der Waals surface area contributed by atoms with Gasteiger partial charge in [-0.3, -0.25) is 0 Å². The maximum absolute atomic E-state index is 12.3. The van der Waals surface area contributed by atoms with Gasteiger partial charge in [-0.05, 0) is 36.8 Å². The number of carbonyl (C=O) groups is 1. The molecule has 1 atom stereocenters. The van der Waals surface area contributed by atoms with Crippen LogP contribution in [0.4, 0.5) is 8.78 Å². The molecule has 118 valence electrons. The minimum atomic E-state index is -2.92. The molecule has 0 saturated heterocycles. The molecule has 0 saturated carbocycles. The van der Waals surface area contributed by atoms with Crippen LogP contribution in [0.5, 0.6) is 5.75 Å². The molecule has 2 N–H and O–H groups in total. The van der Waals surface area contributed by atoms with E-state index < -0.39 is 18.6 Å². The van der Waals surface area contributed by atoms with E-state index in [0.717, 1.165) is 0 Å². The van der Waals surface area contributed by atoms with Crippen LogP contribution in [0.25, 0.3) is 0 Å². The van der Waals surface area contributed by atoms with E-state index in [9.17, 15) is 13.6 Å². The van der Waals surface area contributed by atoms with Crippen LogP contribution in [-0.4, -0.2) is 24.8 Å². The standard InChI is InChI=1S/C14H14F2N2O3S/c1-7-10(12(19)20-2)11(18-14(22)17-7)8-4-3-5-9(6-8)21-13(15)16/h3-6,11,13H,1-2H3,(H2,17,18,22). The molecule has 1 unspecified atom stereocenters. The first-order valence-corrected chi connectivity index (χ1v) is 6.74. The van der Waals surface area contributed by atoms with Gasteiger partial charge in [0.1, 0.15) is 5.75 Å². The lowest BCUT2D eigenvalue weighted by atomic mass is 9.95. The minimum absolute atomic E-state index is 0.000574. The lowest BCUT2D eigenvalue weighted by Gasteiger charge is -2.29. The summed E-state index contributed by atoms with van der Waals surface area (Å²) in [4.78, 5) is 12.0. The van der Waals surface area contributed by atoms with Crippen molar-refractivity contribution in [2.75, 3.05) is 7.11 Å². The first kappa shape index (κ1) is 16.2. The summed E-state index contributed by atoms with van der Waals surface area (Å²) in [6.07, 6.45) is 0. The van der Waals surface area contributed by atoms with Crippen LogP contribution < -0.4 is 15.4 Å². The molecule has 0 amide bonds. The van der Waals surface area contributed by atoms with Gasteiger partial charge in [-0.1, -0.05) is 12.1 Å². The first-order chi connectivity index (χ1) is 10.4. The van der Waals surface area contributed by atoms with Crippen LogP contribution in [0.2, 0.25) is 0 Å². The molecule has 1 aromatic rings. The van der Waals surface area contributed by atoms with E-state index in [1.807, 2.05) is 0 Å². The molecule has 1 heterocycles. The molecule has 0 radical (unpaired) electrons. The summed E-state index contributed by atoms with van der Waals surface area (Å²) in [5.41, 5.74) is 1.42. The number of esters is 1. The Hall–Kier alpha value is -2.22. The fourth-order valence-corrected chi connectivity index (χ4v) is 2.47. The molecule has 1 aliphatic heterocycles. The highest BCUT2D eigenvalue weighted by molar-refractivity contribution is 7.80. The molecule has 0 bridgehead atoms. The zero-order valence-electron chi connectivity index (χ0n) is 11.9. The quantitative estimate of drug-likeness (QED) is 0.653. The van der Waals surface area contributed by atoms with Crippen molar-refractivity contribution < 1.29 is 23.0 Å². The van der Waals surface area contributed by atoms with Gasteiger partial charge in [0, 0.05) is 5.70 Å². The Morgan fingerprint density at radius 1 is 1.41 bits per heavy atom. The molecule has 2 rings (SSSR count). The van der Waals surface area contributed by atoms with Crippen molar-refractivity contribution in [2.45, 2.75) is 19.6 Å². The van der Waals surface area contributed by atoms with Gasteiger partial charge >= 0.3 is 12.6 Å². The monoisotopic (exact) mass is 328 g/mol. The number of hydrogen-bond donors (Lipinski definition) is 2. The Morgan fingerprint density at radius 2 is 2.14 bits per heavy atom. The molecule has 8 heteroatoms. The van der Waals surface area contributed by atoms with Crippen LogP contribution in [0.1, 0.15) is 18.5 Å². The number of hydrogen-bond acceptors (Lipinski definition) is 4. The van der Waals surface area contributed by atoms with E-state index in [0.29, 0.717) is 21.9 Å². The lowest BCUT2D eigenvalue weighted by molar-refractivity contribution is -0.136. The van der Waals surface area contributed by atoms with E-state index in [1.165, 1.54) is 19.2 Å². The summed E-state index contributed by atoms with van der Waals surface area (Å²) in [6.45, 7) is -1.24. The predicted molar refractivity (Wildman–Crippen MR) is 79.4 cm³/mol. The highest BCUT2D eigenvalue weighted by Crippen LogP contribution is 2.29. The van der Waals surface area contributed by atoms with Crippen molar-refractivity contribution in [3.05, 3.63) is 41.1 Å². The second kappa shape index (κ2) is 6.69. The van der Waals surface area contributed by atoms with Crippen molar-refractivity contribution in [3.8, 4) is 5.75 Å². The topological polar surface area (TPSA) is 59.6 Å². The average molecular weight is 328 g/mol. The number of ether oxygens (including phenoxy) is 2. The van der Waals surface area contributed by atoms with Gasteiger partial charge in [0.15, 0.2) is 5.11 Å². The Kier molecular flexibility index (Phi) is 4.92. The number of carbonyl (C=O) groups excluding carboxylic acids is 1. The van der Waals surface area contributed by atoms with Crippen LogP contribution in [-0.2, 0) is 9.53 Å². The van der Waals surface area contributed by atoms with Crippen molar-refractivity contribution in [1.29, 1.82) is 0 Å². The molecule has 0 aromatic heterocycles. The smallest absolute Gasteiger partial charge is 0.387 e. The second-order valence-corrected chi connectivity index (χ2v) is 4.92. The summed E-state index contributed by atoms with van der Waals surface area (Å²) in [5.74, 6) is -0.536. The van der Waals surface area contributed by atoms with Gasteiger partial charge in [-0.2, -0.15) is 8.78 Å². The summed E-state index contributed by atoms with van der Waals surface area (Å²) in [7, 11) is 1.27. The number of benzene rings is 1. The molecular weight excluding hydrogens is 314 g/mol. The normalized spacial score (nSPS) is 17.9. The largest absolute Gasteiger partial charge is 0.466 e. The molecule has 0 fully saturated rings. The van der Waals surface area contributed by atoms with E-state index in [1.54, 1.807) is 19.1 Å². The van der Waals surface area contributed by atoms with E-state index in [4.69, 9.17) is 17.0 Å². The number of methoxy groups -OCH3 is 1. The van der Waals surface area contributed by atoms with Crippen molar-refractivity contribution in [1.82, 2.24) is 10.6 Å². The zero-order chi connectivity index (χ0) is 16.3. The Bertz CT molecular complexity index is 634. The van der Waals surface area contributed by atoms with E-state index in [-0.39, 0.29) is 5.75 Å². The second-order valence-electron chi connectivity index (χ2n) is 4.51. The fourth-order valence-electron chi connectivity index (χ4n) is 2.19. The molecule has 5 nitrogen and oxygen atoms in total. The highest BCUT2D eigenvalue weighted by Gasteiger charge is 2.30. The first-order valence-electron chi connectivity index (χ1n) is 6.33. The molecular formula is C14H14F2N2O3S. The Labute approximate surface area is 131 Å². The minimum Gasteiger partial charge on any atom is -0.466 e. The summed E-state index contributed by atoms with van der Waals surface area (Å²) >= 11 is 5.08. The third-order valence-electron chi connectivity index (χ3n) is 3.09. The van der Waals surface area contributed by atoms with Gasteiger partial charge in [-0.25, -0.2) is 4.79 Å². The number of nitrogens with one attached hydrogen (secondary N) is 2. The Morgan fingerprint density at radius 3 is 2.77 bits per heavy atom. The maximum Gasteiger partial charge on any atom is 0.387 e. The molecule has 1 aromatic carbocycles. The van der Waals surface area contributed by atoms with Crippen LogP contribution >= 0.6 is 12.2 Å². The summed E-state index contributed by atoms with van der Waals surface area (Å²) in [6, 6.07) is 5.46. The van der Waals surface area contributed by atoms with Crippen LogP contribution in [0, 0.1) is 0 Å². The fraction of sp³-hybridized carbons (Fsp3) is 0.286. The highest BCUT2D eigenvalue weighted by atomic mass is 32.1. The number of rotatable bonds is 4. The van der Waals surface area contributed by atoms with E-state index >= 15 is 0 Å². The molecule has 0 spiro atoms. The number of thiocarbonyl (C=S) groups is 1. The zero-order valence-corrected chi connectivity index (χ0v) is 12.7. The van der Waals surface area contributed by atoms with Crippen LogP contribution in [0.15, 0.2) is 35.5 Å². The van der Waals surface area contributed by atoms with E-state index in [2.05, 4.69) is 15.4 Å². The van der Waals surface area contributed by atoms with Crippen molar-refractivity contribution >= 4 is 23.3 Å². The van der Waals surface area contributed by atoms with Gasteiger partial charge in [0.25, 0.3) is 0 Å². The number of alkyl halides is 2. The van der Waals surface area contributed by atoms with Crippen LogP contribution in [0.3, 0.4) is 0 Å². The summed E-state index contributed by atoms with van der Waals surface area (Å²) in [5, 5.41) is 6.10. The Balaban J connectivity index is 2.42. The van der Waals surface area contributed by atoms with Crippen molar-refractivity contribution in [3.63, 3.8) is 0 Å². The van der Waals surface area contributed by atoms with Crippen molar-refractivity contribution in [2.24, 2.45) is 0 Å². The third kappa shape index (κ3) is 3.51. The average Bonchev–Trinajstić information content (AvgIpc) is 2.45.